The summed E-state index contributed by atoms with van der Waals surface area (Å²) in [5.41, 5.74) is 6.46. The normalized spacial score (nSPS) is 23.9. The molecule has 0 bridgehead atoms. The summed E-state index contributed by atoms with van der Waals surface area (Å²) in [6, 6.07) is 2.16. The lowest BCUT2D eigenvalue weighted by Gasteiger charge is -2.12. The number of carbonyl (C=O) groups is 1. The molecule has 5 heteroatoms. The Morgan fingerprint density at radius 1 is 1.65 bits per heavy atom. The van der Waals surface area contributed by atoms with Gasteiger partial charge in [-0.3, -0.25) is 4.79 Å². The van der Waals surface area contributed by atoms with Crippen molar-refractivity contribution in [2.24, 2.45) is 11.7 Å². The maximum atomic E-state index is 11.9. The maximum Gasteiger partial charge on any atom is 0.263 e. The van der Waals surface area contributed by atoms with Crippen molar-refractivity contribution in [3.63, 3.8) is 0 Å². The first kappa shape index (κ1) is 12.5. The molecule has 2 rings (SSSR count). The predicted octanol–water partition coefficient (Wildman–Crippen LogP) is 1.70. The molecule has 1 heterocycles. The molecule has 2 atom stereocenters. The molecule has 1 aromatic rings. The molecule has 17 heavy (non-hydrogen) atoms. The Balaban J connectivity index is 1.84. The van der Waals surface area contributed by atoms with Crippen LogP contribution < -0.4 is 11.1 Å². The molecule has 4 nitrogen and oxygen atoms in total. The van der Waals surface area contributed by atoms with E-state index in [-0.39, 0.29) is 5.91 Å². The fourth-order valence-electron chi connectivity index (χ4n) is 2.43. The summed E-state index contributed by atoms with van der Waals surface area (Å²) in [6.07, 6.45) is 4.41. The molecule has 0 saturated heterocycles. The second-order valence-electron chi connectivity index (χ2n) is 4.76. The minimum Gasteiger partial charge on any atom is -0.349 e. The van der Waals surface area contributed by atoms with E-state index < -0.39 is 0 Å². The summed E-state index contributed by atoms with van der Waals surface area (Å²) >= 11 is 1.27. The van der Waals surface area contributed by atoms with Crippen LogP contribution in [-0.2, 0) is 0 Å². The first-order valence-corrected chi connectivity index (χ1v) is 6.90. The first-order chi connectivity index (χ1) is 8.19. The van der Waals surface area contributed by atoms with Crippen LogP contribution in [0.25, 0.3) is 0 Å². The van der Waals surface area contributed by atoms with Crippen LogP contribution in [0, 0.1) is 12.8 Å². The number of rotatable bonds is 4. The van der Waals surface area contributed by atoms with Crippen LogP contribution in [0.2, 0.25) is 0 Å². The van der Waals surface area contributed by atoms with Gasteiger partial charge in [-0.2, -0.15) is 4.37 Å². The SMILES string of the molecule is Cc1cc(C(=O)NC2CCC(CCN)C2)sn1. The Kier molecular flexibility index (Phi) is 4.12. The van der Waals surface area contributed by atoms with Crippen LogP contribution in [0.5, 0.6) is 0 Å². The third-order valence-electron chi connectivity index (χ3n) is 3.30. The summed E-state index contributed by atoms with van der Waals surface area (Å²) in [5, 5.41) is 3.09. The molecule has 1 saturated carbocycles. The number of nitrogens with two attached hydrogens (primary N) is 1. The van der Waals surface area contributed by atoms with E-state index in [9.17, 15) is 4.79 Å². The molecule has 1 fully saturated rings. The van der Waals surface area contributed by atoms with Crippen LogP contribution in [0.4, 0.5) is 0 Å². The van der Waals surface area contributed by atoms with Crippen LogP contribution in [0.1, 0.15) is 41.0 Å². The Morgan fingerprint density at radius 2 is 2.47 bits per heavy atom. The van der Waals surface area contributed by atoms with Gasteiger partial charge in [0.05, 0.1) is 5.69 Å². The third kappa shape index (κ3) is 3.26. The van der Waals surface area contributed by atoms with Crippen molar-refractivity contribution in [3.05, 3.63) is 16.6 Å². The molecule has 0 spiro atoms. The fourth-order valence-corrected chi connectivity index (χ4v) is 3.09. The molecule has 2 unspecified atom stereocenters. The lowest BCUT2D eigenvalue weighted by Crippen LogP contribution is -2.32. The summed E-state index contributed by atoms with van der Waals surface area (Å²) in [5.74, 6) is 0.711. The predicted molar refractivity (Wildman–Crippen MR) is 69.1 cm³/mol. The van der Waals surface area contributed by atoms with Gasteiger partial charge in [0.25, 0.3) is 5.91 Å². The van der Waals surface area contributed by atoms with Crippen LogP contribution >= 0.6 is 11.5 Å². The lowest BCUT2D eigenvalue weighted by molar-refractivity contribution is 0.0941. The molecule has 0 aliphatic heterocycles. The highest BCUT2D eigenvalue weighted by atomic mass is 32.1. The van der Waals surface area contributed by atoms with Crippen molar-refractivity contribution in [3.8, 4) is 0 Å². The van der Waals surface area contributed by atoms with E-state index in [1.807, 2.05) is 13.0 Å². The van der Waals surface area contributed by atoms with Gasteiger partial charge in [0, 0.05) is 6.04 Å². The number of carbonyl (C=O) groups excluding carboxylic acids is 1. The number of hydrogen-bond acceptors (Lipinski definition) is 4. The Hall–Kier alpha value is -0.940. The number of aryl methyl sites for hydroxylation is 1. The van der Waals surface area contributed by atoms with E-state index >= 15 is 0 Å². The Morgan fingerprint density at radius 3 is 3.12 bits per heavy atom. The fraction of sp³-hybridized carbons (Fsp3) is 0.667. The van der Waals surface area contributed by atoms with Gasteiger partial charge in [-0.15, -0.1) is 0 Å². The third-order valence-corrected chi connectivity index (χ3v) is 4.18. The number of nitrogens with zero attached hydrogens (tertiary/aromatic N) is 1. The maximum absolute atomic E-state index is 11.9. The number of hydrogen-bond donors (Lipinski definition) is 2. The largest absolute Gasteiger partial charge is 0.349 e. The monoisotopic (exact) mass is 253 g/mol. The second kappa shape index (κ2) is 5.60. The van der Waals surface area contributed by atoms with Gasteiger partial charge in [-0.25, -0.2) is 0 Å². The average Bonchev–Trinajstić information content (AvgIpc) is 2.88. The van der Waals surface area contributed by atoms with E-state index in [2.05, 4.69) is 9.69 Å². The lowest BCUT2D eigenvalue weighted by atomic mass is 10.0. The minimum atomic E-state index is 0.0222. The molecular weight excluding hydrogens is 234 g/mol. The van der Waals surface area contributed by atoms with E-state index in [1.165, 1.54) is 18.0 Å². The zero-order chi connectivity index (χ0) is 12.3. The van der Waals surface area contributed by atoms with Crippen molar-refractivity contribution in [1.29, 1.82) is 0 Å². The highest BCUT2D eigenvalue weighted by molar-refractivity contribution is 7.08. The van der Waals surface area contributed by atoms with Crippen molar-refractivity contribution < 1.29 is 4.79 Å². The van der Waals surface area contributed by atoms with Crippen molar-refractivity contribution in [1.82, 2.24) is 9.69 Å². The van der Waals surface area contributed by atoms with Gasteiger partial charge < -0.3 is 11.1 Å². The Labute approximate surface area is 106 Å². The molecule has 0 radical (unpaired) electrons. The molecule has 1 amide bonds. The zero-order valence-electron chi connectivity index (χ0n) is 10.1. The van der Waals surface area contributed by atoms with Crippen LogP contribution in [0.15, 0.2) is 6.07 Å². The quantitative estimate of drug-likeness (QED) is 0.858. The van der Waals surface area contributed by atoms with E-state index in [1.54, 1.807) is 0 Å². The highest BCUT2D eigenvalue weighted by Gasteiger charge is 2.25. The number of amides is 1. The molecule has 3 N–H and O–H groups in total. The van der Waals surface area contributed by atoms with Gasteiger partial charge in [0.1, 0.15) is 4.88 Å². The van der Waals surface area contributed by atoms with Gasteiger partial charge in [-0.1, -0.05) is 0 Å². The molecule has 1 aromatic heterocycles. The Bertz CT molecular complexity index is 391. The van der Waals surface area contributed by atoms with Crippen LogP contribution in [-0.4, -0.2) is 22.9 Å². The standard InChI is InChI=1S/C12H19N3OS/c1-8-6-11(17-15-8)12(16)14-10-3-2-9(7-10)4-5-13/h6,9-10H,2-5,7,13H2,1H3,(H,14,16). The number of nitrogens with one attached hydrogen (secondary N) is 1. The molecular formula is C12H19N3OS. The second-order valence-corrected chi connectivity index (χ2v) is 5.56. The van der Waals surface area contributed by atoms with Crippen LogP contribution in [0.3, 0.4) is 0 Å². The minimum absolute atomic E-state index is 0.0222. The van der Waals surface area contributed by atoms with E-state index in [0.29, 0.717) is 16.8 Å². The summed E-state index contributed by atoms with van der Waals surface area (Å²) < 4.78 is 4.12. The van der Waals surface area contributed by atoms with Crippen molar-refractivity contribution in [2.45, 2.75) is 38.6 Å². The van der Waals surface area contributed by atoms with Gasteiger partial charge >= 0.3 is 0 Å². The van der Waals surface area contributed by atoms with E-state index in [0.717, 1.165) is 31.5 Å². The molecule has 1 aliphatic rings. The summed E-state index contributed by atoms with van der Waals surface area (Å²) in [4.78, 5) is 12.6. The highest BCUT2D eigenvalue weighted by Crippen LogP contribution is 2.28. The van der Waals surface area contributed by atoms with E-state index in [4.69, 9.17) is 5.73 Å². The smallest absolute Gasteiger partial charge is 0.263 e. The number of aromatic nitrogens is 1. The summed E-state index contributed by atoms with van der Waals surface area (Å²) in [6.45, 7) is 2.65. The van der Waals surface area contributed by atoms with Crippen molar-refractivity contribution in [2.75, 3.05) is 6.54 Å². The van der Waals surface area contributed by atoms with Crippen molar-refractivity contribution >= 4 is 17.4 Å². The summed E-state index contributed by atoms with van der Waals surface area (Å²) in [7, 11) is 0. The zero-order valence-corrected chi connectivity index (χ0v) is 10.9. The molecule has 1 aliphatic carbocycles. The van der Waals surface area contributed by atoms with Gasteiger partial charge in [0.2, 0.25) is 0 Å². The first-order valence-electron chi connectivity index (χ1n) is 6.13. The van der Waals surface area contributed by atoms with Gasteiger partial charge in [0.15, 0.2) is 0 Å². The topological polar surface area (TPSA) is 68.0 Å². The molecule has 94 valence electrons. The average molecular weight is 253 g/mol. The van der Waals surface area contributed by atoms with Gasteiger partial charge in [-0.05, 0) is 62.7 Å². The molecule has 0 aromatic carbocycles.